The van der Waals surface area contributed by atoms with Crippen molar-refractivity contribution in [2.45, 2.75) is 4.90 Å². The summed E-state index contributed by atoms with van der Waals surface area (Å²) in [4.78, 5) is 4.41. The molecular formula is C10H9NO3S. The van der Waals surface area contributed by atoms with Gasteiger partial charge < -0.3 is 9.29 Å². The number of rotatable bonds is 2. The van der Waals surface area contributed by atoms with E-state index >= 15 is 0 Å². The van der Waals surface area contributed by atoms with Crippen molar-refractivity contribution in [2.24, 2.45) is 0 Å². The second-order valence-corrected chi connectivity index (χ2v) is 3.92. The largest absolute Gasteiger partial charge is 0.481 e. The van der Waals surface area contributed by atoms with Crippen LogP contribution in [0.25, 0.3) is 10.8 Å². The average Bonchev–Trinajstić information content (AvgIpc) is 2.27. The van der Waals surface area contributed by atoms with Gasteiger partial charge in [-0.3, -0.25) is 0 Å². The quantitative estimate of drug-likeness (QED) is 0.789. The van der Waals surface area contributed by atoms with Gasteiger partial charge >= 0.3 is 0 Å². The second-order valence-electron chi connectivity index (χ2n) is 2.95. The Kier molecular flexibility index (Phi) is 2.66. The first-order valence-corrected chi connectivity index (χ1v) is 5.36. The maximum atomic E-state index is 10.9. The maximum absolute atomic E-state index is 10.9. The number of methoxy groups -OCH3 is 1. The summed E-state index contributed by atoms with van der Waals surface area (Å²) in [6, 6.07) is 6.73. The van der Waals surface area contributed by atoms with E-state index in [1.165, 1.54) is 0 Å². The van der Waals surface area contributed by atoms with Gasteiger partial charge in [0.2, 0.25) is 5.88 Å². The summed E-state index contributed by atoms with van der Waals surface area (Å²) < 4.78 is 24.9. The molecule has 2 aromatic rings. The molecule has 1 unspecified atom stereocenters. The van der Waals surface area contributed by atoms with Crippen molar-refractivity contribution < 1.29 is 13.5 Å². The van der Waals surface area contributed by atoms with Crippen molar-refractivity contribution in [2.75, 3.05) is 7.11 Å². The third-order valence-corrected chi connectivity index (χ3v) is 2.75. The molecule has 0 fully saturated rings. The molecule has 0 aliphatic rings. The summed E-state index contributed by atoms with van der Waals surface area (Å²) in [5.74, 6) is 0.516. The molecule has 1 heterocycles. The van der Waals surface area contributed by atoms with E-state index in [0.29, 0.717) is 10.8 Å². The highest BCUT2D eigenvalue weighted by Crippen LogP contribution is 2.24. The molecule has 0 spiro atoms. The monoisotopic (exact) mass is 223 g/mol. The Labute approximate surface area is 89.2 Å². The molecule has 1 N–H and O–H groups in total. The van der Waals surface area contributed by atoms with Crippen LogP contribution in [0.15, 0.2) is 35.4 Å². The van der Waals surface area contributed by atoms with Crippen LogP contribution >= 0.6 is 0 Å². The molecule has 0 amide bonds. The van der Waals surface area contributed by atoms with Crippen LogP contribution < -0.4 is 4.74 Å². The van der Waals surface area contributed by atoms with Crippen LogP contribution in [0.3, 0.4) is 0 Å². The lowest BCUT2D eigenvalue weighted by Crippen LogP contribution is -1.91. The van der Waals surface area contributed by atoms with Gasteiger partial charge in [-0.25, -0.2) is 9.19 Å². The summed E-state index contributed by atoms with van der Waals surface area (Å²) in [6.45, 7) is 0. The molecule has 0 radical (unpaired) electrons. The molecule has 5 heteroatoms. The minimum atomic E-state index is -1.95. The van der Waals surface area contributed by atoms with Crippen LogP contribution in [-0.4, -0.2) is 20.9 Å². The lowest BCUT2D eigenvalue weighted by atomic mass is 10.2. The number of hydrogen-bond acceptors (Lipinski definition) is 3. The lowest BCUT2D eigenvalue weighted by molar-refractivity contribution is 0.403. The number of aromatic nitrogens is 1. The topological polar surface area (TPSA) is 59.4 Å². The number of benzene rings is 1. The predicted molar refractivity (Wildman–Crippen MR) is 57.3 cm³/mol. The van der Waals surface area contributed by atoms with Crippen LogP contribution in [0.5, 0.6) is 5.88 Å². The molecule has 15 heavy (non-hydrogen) atoms. The normalized spacial score (nSPS) is 12.7. The Morgan fingerprint density at radius 3 is 2.87 bits per heavy atom. The van der Waals surface area contributed by atoms with E-state index in [1.807, 2.05) is 0 Å². The van der Waals surface area contributed by atoms with Crippen molar-refractivity contribution in [3.05, 3.63) is 30.5 Å². The molecule has 78 valence electrons. The number of pyridine rings is 1. The van der Waals surface area contributed by atoms with Crippen molar-refractivity contribution in [1.29, 1.82) is 0 Å². The zero-order valence-electron chi connectivity index (χ0n) is 8.01. The molecule has 0 aliphatic carbocycles. The van der Waals surface area contributed by atoms with Gasteiger partial charge in [-0.1, -0.05) is 0 Å². The average molecular weight is 223 g/mol. The van der Waals surface area contributed by atoms with Gasteiger partial charge in [0.15, 0.2) is 11.1 Å². The van der Waals surface area contributed by atoms with Crippen LogP contribution in [0.1, 0.15) is 0 Å². The molecule has 1 aromatic carbocycles. The van der Waals surface area contributed by atoms with Crippen molar-refractivity contribution in [3.8, 4) is 5.88 Å². The molecule has 0 saturated carbocycles. The van der Waals surface area contributed by atoms with Gasteiger partial charge in [-0.2, -0.15) is 0 Å². The zero-order valence-corrected chi connectivity index (χ0v) is 8.82. The summed E-state index contributed by atoms with van der Waals surface area (Å²) >= 11 is -1.95. The van der Waals surface area contributed by atoms with E-state index in [1.54, 1.807) is 37.6 Å². The minimum Gasteiger partial charge on any atom is -0.481 e. The van der Waals surface area contributed by atoms with Crippen molar-refractivity contribution in [1.82, 2.24) is 4.98 Å². The minimum absolute atomic E-state index is 0.371. The SMILES string of the molecule is COc1nccc2cc(S(=O)O)ccc12. The van der Waals surface area contributed by atoms with E-state index in [4.69, 9.17) is 9.29 Å². The van der Waals surface area contributed by atoms with Crippen LogP contribution in [-0.2, 0) is 11.1 Å². The van der Waals surface area contributed by atoms with Crippen molar-refractivity contribution in [3.63, 3.8) is 0 Å². The highest BCUT2D eigenvalue weighted by atomic mass is 32.2. The van der Waals surface area contributed by atoms with Crippen LogP contribution in [0.2, 0.25) is 0 Å². The molecule has 1 aromatic heterocycles. The lowest BCUT2D eigenvalue weighted by Gasteiger charge is -2.04. The van der Waals surface area contributed by atoms with Gasteiger partial charge in [0.05, 0.1) is 12.0 Å². The first-order valence-electron chi connectivity index (χ1n) is 4.26. The fraction of sp³-hybridized carbons (Fsp3) is 0.100. The third kappa shape index (κ3) is 1.84. The third-order valence-electron chi connectivity index (χ3n) is 2.09. The maximum Gasteiger partial charge on any atom is 0.221 e. The Hall–Kier alpha value is -1.46. The standard InChI is InChI=1S/C10H9NO3S/c1-14-10-9-3-2-8(15(12)13)6-7(9)4-5-11-10/h2-6H,1H3,(H,12,13). The molecule has 1 atom stereocenters. The van der Waals surface area contributed by atoms with Gasteiger partial charge in [-0.15, -0.1) is 0 Å². The number of fused-ring (bicyclic) bond motifs is 1. The highest BCUT2D eigenvalue weighted by molar-refractivity contribution is 7.79. The van der Waals surface area contributed by atoms with Gasteiger partial charge in [0.25, 0.3) is 0 Å². The fourth-order valence-corrected chi connectivity index (χ4v) is 1.81. The Morgan fingerprint density at radius 1 is 1.40 bits per heavy atom. The Balaban J connectivity index is 2.69. The van der Waals surface area contributed by atoms with E-state index in [2.05, 4.69) is 4.98 Å². The molecule has 0 saturated heterocycles. The molecule has 4 nitrogen and oxygen atoms in total. The van der Waals surface area contributed by atoms with E-state index in [0.717, 1.165) is 10.8 Å². The summed E-state index contributed by atoms with van der Waals surface area (Å²) in [5, 5.41) is 1.66. The van der Waals surface area contributed by atoms with Gasteiger partial charge in [0.1, 0.15) is 0 Å². The molecule has 2 rings (SSSR count). The van der Waals surface area contributed by atoms with Gasteiger partial charge in [0, 0.05) is 11.6 Å². The Morgan fingerprint density at radius 2 is 2.20 bits per heavy atom. The van der Waals surface area contributed by atoms with E-state index in [9.17, 15) is 4.21 Å². The second kappa shape index (κ2) is 3.96. The number of nitrogens with zero attached hydrogens (tertiary/aromatic N) is 1. The number of ether oxygens (including phenoxy) is 1. The Bertz CT molecular complexity index is 527. The van der Waals surface area contributed by atoms with E-state index < -0.39 is 11.1 Å². The zero-order chi connectivity index (χ0) is 10.8. The first-order chi connectivity index (χ1) is 7.22. The van der Waals surface area contributed by atoms with E-state index in [-0.39, 0.29) is 0 Å². The number of hydrogen-bond donors (Lipinski definition) is 1. The summed E-state index contributed by atoms with van der Waals surface area (Å²) in [5.41, 5.74) is 0. The molecule has 0 aliphatic heterocycles. The fourth-order valence-electron chi connectivity index (χ4n) is 1.40. The van der Waals surface area contributed by atoms with Gasteiger partial charge in [-0.05, 0) is 29.7 Å². The van der Waals surface area contributed by atoms with Crippen LogP contribution in [0.4, 0.5) is 0 Å². The summed E-state index contributed by atoms with van der Waals surface area (Å²) in [7, 11) is 1.54. The predicted octanol–water partition coefficient (Wildman–Crippen LogP) is 1.82. The highest BCUT2D eigenvalue weighted by Gasteiger charge is 2.05. The van der Waals surface area contributed by atoms with Crippen molar-refractivity contribution >= 4 is 21.9 Å². The first kappa shape index (κ1) is 10.1. The molecular weight excluding hydrogens is 214 g/mol. The molecule has 0 bridgehead atoms. The summed E-state index contributed by atoms with van der Waals surface area (Å²) in [6.07, 6.45) is 1.60. The smallest absolute Gasteiger partial charge is 0.221 e. The van der Waals surface area contributed by atoms with Crippen LogP contribution in [0, 0.1) is 0 Å².